The molecule has 130 valence electrons. The second-order valence-electron chi connectivity index (χ2n) is 6.35. The van der Waals surface area contributed by atoms with Gasteiger partial charge in [0.25, 0.3) is 0 Å². The van der Waals surface area contributed by atoms with E-state index >= 15 is 0 Å². The summed E-state index contributed by atoms with van der Waals surface area (Å²) in [6.07, 6.45) is 3.97. The van der Waals surface area contributed by atoms with Crippen LogP contribution in [-0.2, 0) is 0 Å². The third kappa shape index (κ3) is 3.63. The lowest BCUT2D eigenvalue weighted by Gasteiger charge is -2.19. The van der Waals surface area contributed by atoms with Crippen molar-refractivity contribution < 1.29 is 8.78 Å². The molecule has 0 unspecified atom stereocenters. The Morgan fingerprint density at radius 3 is 2.16 bits per heavy atom. The highest BCUT2D eigenvalue weighted by molar-refractivity contribution is 5.67. The molecule has 0 N–H and O–H groups in total. The van der Waals surface area contributed by atoms with Gasteiger partial charge in [-0.25, -0.2) is 13.5 Å². The Balaban J connectivity index is 2.17. The molecule has 0 aliphatic carbocycles. The fourth-order valence-corrected chi connectivity index (χ4v) is 3.27. The first-order valence-electron chi connectivity index (χ1n) is 8.64. The van der Waals surface area contributed by atoms with Crippen LogP contribution in [0.1, 0.15) is 43.9 Å². The highest BCUT2D eigenvalue weighted by Crippen LogP contribution is 2.32. The van der Waals surface area contributed by atoms with Gasteiger partial charge in [0, 0.05) is 12.3 Å². The molecule has 1 heterocycles. The van der Waals surface area contributed by atoms with Gasteiger partial charge in [-0.05, 0) is 66.6 Å². The second kappa shape index (κ2) is 7.18. The molecule has 0 fully saturated rings. The standard InChI is InChI=1S/C21H22F2N2/c1-4-15(5-2)20-7-6-16(17-10-18(22)13-19(23)11-17)12-21(20)25-9-8-14(3)24-25/h6-13,15H,4-5H2,1-3H3. The molecule has 0 saturated heterocycles. The summed E-state index contributed by atoms with van der Waals surface area (Å²) in [6.45, 7) is 6.28. The van der Waals surface area contributed by atoms with E-state index in [1.807, 2.05) is 36.0 Å². The topological polar surface area (TPSA) is 17.8 Å². The molecule has 0 saturated carbocycles. The highest BCUT2D eigenvalue weighted by atomic mass is 19.1. The Morgan fingerprint density at radius 2 is 1.60 bits per heavy atom. The largest absolute Gasteiger partial charge is 0.240 e. The maximum Gasteiger partial charge on any atom is 0.126 e. The van der Waals surface area contributed by atoms with Gasteiger partial charge in [0.2, 0.25) is 0 Å². The van der Waals surface area contributed by atoms with Crippen LogP contribution >= 0.6 is 0 Å². The summed E-state index contributed by atoms with van der Waals surface area (Å²) in [5.74, 6) is -0.732. The number of benzene rings is 2. The van der Waals surface area contributed by atoms with E-state index in [1.54, 1.807) is 0 Å². The van der Waals surface area contributed by atoms with Crippen molar-refractivity contribution in [3.8, 4) is 16.8 Å². The Kier molecular flexibility index (Phi) is 4.98. The predicted octanol–water partition coefficient (Wildman–Crippen LogP) is 6.03. The van der Waals surface area contributed by atoms with E-state index in [2.05, 4.69) is 25.0 Å². The molecule has 3 aromatic rings. The van der Waals surface area contributed by atoms with Crippen molar-refractivity contribution in [3.63, 3.8) is 0 Å². The van der Waals surface area contributed by atoms with Crippen LogP contribution in [0.2, 0.25) is 0 Å². The Labute approximate surface area is 147 Å². The summed E-state index contributed by atoms with van der Waals surface area (Å²) >= 11 is 0. The van der Waals surface area contributed by atoms with Gasteiger partial charge in [-0.2, -0.15) is 5.10 Å². The molecular formula is C21H22F2N2. The van der Waals surface area contributed by atoms with Crippen molar-refractivity contribution in [2.24, 2.45) is 0 Å². The molecule has 25 heavy (non-hydrogen) atoms. The van der Waals surface area contributed by atoms with Gasteiger partial charge in [-0.15, -0.1) is 0 Å². The van der Waals surface area contributed by atoms with Crippen molar-refractivity contribution in [2.45, 2.75) is 39.5 Å². The van der Waals surface area contributed by atoms with Gasteiger partial charge in [0.05, 0.1) is 11.4 Å². The Hall–Kier alpha value is -2.49. The molecular weight excluding hydrogens is 318 g/mol. The summed E-state index contributed by atoms with van der Waals surface area (Å²) in [6, 6.07) is 11.5. The third-order valence-electron chi connectivity index (χ3n) is 4.62. The van der Waals surface area contributed by atoms with Crippen molar-refractivity contribution in [1.29, 1.82) is 0 Å². The fraction of sp³-hybridized carbons (Fsp3) is 0.286. The first-order chi connectivity index (χ1) is 12.0. The lowest BCUT2D eigenvalue weighted by molar-refractivity contribution is 0.584. The molecule has 4 heteroatoms. The van der Waals surface area contributed by atoms with Gasteiger partial charge in [-0.1, -0.05) is 26.0 Å². The quantitative estimate of drug-likeness (QED) is 0.554. The van der Waals surface area contributed by atoms with Gasteiger partial charge < -0.3 is 0 Å². The number of hydrogen-bond acceptors (Lipinski definition) is 1. The van der Waals surface area contributed by atoms with E-state index in [-0.39, 0.29) is 0 Å². The second-order valence-corrected chi connectivity index (χ2v) is 6.35. The van der Waals surface area contributed by atoms with E-state index in [4.69, 9.17) is 0 Å². The smallest absolute Gasteiger partial charge is 0.126 e. The van der Waals surface area contributed by atoms with Crippen molar-refractivity contribution in [1.82, 2.24) is 9.78 Å². The molecule has 0 spiro atoms. The fourth-order valence-electron chi connectivity index (χ4n) is 3.27. The molecule has 3 rings (SSSR count). The van der Waals surface area contributed by atoms with Crippen LogP contribution in [0.15, 0.2) is 48.7 Å². The monoisotopic (exact) mass is 340 g/mol. The summed E-state index contributed by atoms with van der Waals surface area (Å²) < 4.78 is 29.0. The lowest BCUT2D eigenvalue weighted by atomic mass is 9.90. The maximum absolute atomic E-state index is 13.6. The van der Waals surface area contributed by atoms with Crippen molar-refractivity contribution in [3.05, 3.63) is 71.6 Å². The first-order valence-corrected chi connectivity index (χ1v) is 8.64. The minimum absolute atomic E-state index is 0.415. The lowest BCUT2D eigenvalue weighted by Crippen LogP contribution is -2.05. The van der Waals surface area contributed by atoms with Crippen molar-refractivity contribution in [2.75, 3.05) is 0 Å². The van der Waals surface area contributed by atoms with Crippen LogP contribution < -0.4 is 0 Å². The molecule has 0 aliphatic rings. The number of halogens is 2. The zero-order chi connectivity index (χ0) is 18.0. The number of rotatable bonds is 5. The van der Waals surface area contributed by atoms with Crippen molar-refractivity contribution >= 4 is 0 Å². The normalized spacial score (nSPS) is 11.3. The number of hydrogen-bond donors (Lipinski definition) is 0. The van der Waals surface area contributed by atoms with Gasteiger partial charge >= 0.3 is 0 Å². The Bertz CT molecular complexity index is 859. The molecule has 2 nitrogen and oxygen atoms in total. The van der Waals surface area contributed by atoms with Gasteiger partial charge in [0.1, 0.15) is 11.6 Å². The zero-order valence-corrected chi connectivity index (χ0v) is 14.8. The average Bonchev–Trinajstić information content (AvgIpc) is 3.01. The SMILES string of the molecule is CCC(CC)c1ccc(-c2cc(F)cc(F)c2)cc1-n1ccc(C)n1. The maximum atomic E-state index is 13.6. The molecule has 0 atom stereocenters. The minimum Gasteiger partial charge on any atom is -0.240 e. The van der Waals surface area contributed by atoms with E-state index in [0.717, 1.165) is 35.9 Å². The van der Waals surface area contributed by atoms with Gasteiger partial charge in [-0.3, -0.25) is 0 Å². The molecule has 1 aromatic heterocycles. The highest BCUT2D eigenvalue weighted by Gasteiger charge is 2.16. The van der Waals surface area contributed by atoms with Crippen LogP contribution in [0.3, 0.4) is 0 Å². The van der Waals surface area contributed by atoms with E-state index in [1.165, 1.54) is 17.7 Å². The first kappa shape index (κ1) is 17.3. The van der Waals surface area contributed by atoms with E-state index < -0.39 is 11.6 Å². The third-order valence-corrected chi connectivity index (χ3v) is 4.62. The van der Waals surface area contributed by atoms with Gasteiger partial charge in [0.15, 0.2) is 0 Å². The average molecular weight is 340 g/mol. The van der Waals surface area contributed by atoms with Crippen LogP contribution in [0.4, 0.5) is 8.78 Å². The van der Waals surface area contributed by atoms with Crippen LogP contribution in [0.5, 0.6) is 0 Å². The minimum atomic E-state index is -0.574. The Morgan fingerprint density at radius 1 is 0.920 bits per heavy atom. The zero-order valence-electron chi connectivity index (χ0n) is 14.8. The number of nitrogens with zero attached hydrogens (tertiary/aromatic N) is 2. The summed E-state index contributed by atoms with van der Waals surface area (Å²) in [7, 11) is 0. The van der Waals surface area contributed by atoms with E-state index in [9.17, 15) is 8.78 Å². The van der Waals surface area contributed by atoms with E-state index in [0.29, 0.717) is 11.5 Å². The summed E-state index contributed by atoms with van der Waals surface area (Å²) in [5.41, 5.74) is 4.39. The molecule has 0 amide bonds. The van der Waals surface area contributed by atoms with Crippen LogP contribution in [0.25, 0.3) is 16.8 Å². The number of aryl methyl sites for hydroxylation is 1. The molecule has 0 aliphatic heterocycles. The number of aromatic nitrogens is 2. The molecule has 2 aromatic carbocycles. The predicted molar refractivity (Wildman–Crippen MR) is 97.0 cm³/mol. The van der Waals surface area contributed by atoms with Crippen LogP contribution in [0, 0.1) is 18.6 Å². The molecule has 0 radical (unpaired) electrons. The molecule has 0 bridgehead atoms. The summed E-state index contributed by atoms with van der Waals surface area (Å²) in [5, 5.41) is 4.53. The van der Waals surface area contributed by atoms with Crippen LogP contribution in [-0.4, -0.2) is 9.78 Å². The summed E-state index contributed by atoms with van der Waals surface area (Å²) in [4.78, 5) is 0.